The van der Waals surface area contributed by atoms with Crippen molar-refractivity contribution in [3.05, 3.63) is 41.3 Å². The molecule has 3 atom stereocenters. The Labute approximate surface area is 186 Å². The van der Waals surface area contributed by atoms with Gasteiger partial charge in [-0.25, -0.2) is 4.98 Å². The molecule has 31 heavy (non-hydrogen) atoms. The maximum atomic E-state index is 12.9. The van der Waals surface area contributed by atoms with Crippen LogP contribution >= 0.6 is 0 Å². The average molecular weight is 424 g/mol. The van der Waals surface area contributed by atoms with Crippen molar-refractivity contribution in [3.8, 4) is 11.5 Å². The fourth-order valence-corrected chi connectivity index (χ4v) is 5.15. The molecule has 1 aliphatic heterocycles. The molecule has 1 aromatic carbocycles. The SMILES string of the molecule is Cc1ccccc1-c1nc(CN2CCC(C(=O)N[C@@H]3CCC[C@H](C)[C@H]3C)CC2)c(C)o1. The molecule has 2 aliphatic rings. The van der Waals surface area contributed by atoms with E-state index in [1.165, 1.54) is 18.4 Å². The molecular formula is C26H37N3O2. The van der Waals surface area contributed by atoms with Crippen molar-refractivity contribution in [2.24, 2.45) is 17.8 Å². The number of piperidine rings is 1. The van der Waals surface area contributed by atoms with Crippen LogP contribution in [0, 0.1) is 31.6 Å². The number of benzene rings is 1. The molecule has 1 amide bonds. The summed E-state index contributed by atoms with van der Waals surface area (Å²) in [5, 5.41) is 3.38. The smallest absolute Gasteiger partial charge is 0.226 e. The largest absolute Gasteiger partial charge is 0.441 e. The molecule has 1 saturated carbocycles. The summed E-state index contributed by atoms with van der Waals surface area (Å²) in [4.78, 5) is 20.1. The summed E-state index contributed by atoms with van der Waals surface area (Å²) in [5.41, 5.74) is 3.23. The van der Waals surface area contributed by atoms with Crippen LogP contribution in [0.1, 0.15) is 63.0 Å². The lowest BCUT2D eigenvalue weighted by atomic mass is 9.78. The molecule has 1 saturated heterocycles. The van der Waals surface area contributed by atoms with Crippen LogP contribution in [0.3, 0.4) is 0 Å². The number of hydrogen-bond acceptors (Lipinski definition) is 4. The van der Waals surface area contributed by atoms with E-state index in [2.05, 4.69) is 43.1 Å². The molecule has 5 heteroatoms. The Hall–Kier alpha value is -2.14. The highest BCUT2D eigenvalue weighted by Gasteiger charge is 2.32. The predicted molar refractivity (Wildman–Crippen MR) is 124 cm³/mol. The lowest BCUT2D eigenvalue weighted by molar-refractivity contribution is -0.128. The van der Waals surface area contributed by atoms with Crippen molar-refractivity contribution in [1.29, 1.82) is 0 Å². The number of oxazole rings is 1. The van der Waals surface area contributed by atoms with Gasteiger partial charge in [-0.3, -0.25) is 9.69 Å². The number of likely N-dealkylation sites (tertiary alicyclic amines) is 1. The Morgan fingerprint density at radius 3 is 2.61 bits per heavy atom. The van der Waals surface area contributed by atoms with E-state index >= 15 is 0 Å². The second kappa shape index (κ2) is 9.56. The first-order chi connectivity index (χ1) is 14.9. The number of aromatic nitrogens is 1. The van der Waals surface area contributed by atoms with Gasteiger partial charge in [0.15, 0.2) is 0 Å². The number of nitrogens with one attached hydrogen (secondary N) is 1. The number of rotatable bonds is 5. The topological polar surface area (TPSA) is 58.4 Å². The fraction of sp³-hybridized carbons (Fsp3) is 0.615. The van der Waals surface area contributed by atoms with E-state index in [0.717, 1.165) is 55.9 Å². The first-order valence-electron chi connectivity index (χ1n) is 12.0. The predicted octanol–water partition coefficient (Wildman–Crippen LogP) is 5.11. The van der Waals surface area contributed by atoms with Gasteiger partial charge in [-0.1, -0.05) is 44.9 Å². The first-order valence-corrected chi connectivity index (χ1v) is 12.0. The highest BCUT2D eigenvalue weighted by atomic mass is 16.4. The Balaban J connectivity index is 1.30. The molecule has 168 valence electrons. The van der Waals surface area contributed by atoms with E-state index in [9.17, 15) is 4.79 Å². The Kier molecular flexibility index (Phi) is 6.80. The number of carbonyl (C=O) groups is 1. The van der Waals surface area contributed by atoms with Crippen LogP contribution in [0.15, 0.2) is 28.7 Å². The monoisotopic (exact) mass is 423 g/mol. The summed E-state index contributed by atoms with van der Waals surface area (Å²) in [6.45, 7) is 11.3. The van der Waals surface area contributed by atoms with Crippen molar-refractivity contribution < 1.29 is 9.21 Å². The van der Waals surface area contributed by atoms with Crippen LogP contribution in [-0.2, 0) is 11.3 Å². The van der Waals surface area contributed by atoms with Crippen LogP contribution in [0.4, 0.5) is 0 Å². The standard InChI is InChI=1S/C26H37N3O2/c1-17-9-7-11-23(19(17)3)27-25(30)21-12-14-29(15-13-21)16-24-20(4)31-26(28-24)22-10-6-5-8-18(22)2/h5-6,8,10,17,19,21,23H,7,9,11-16H2,1-4H3,(H,27,30)/t17-,19+,23+/m0/s1. The molecule has 0 spiro atoms. The Bertz CT molecular complexity index is 898. The molecule has 1 aliphatic carbocycles. The lowest BCUT2D eigenvalue weighted by Crippen LogP contribution is -2.48. The zero-order valence-electron chi connectivity index (χ0n) is 19.5. The molecule has 1 aromatic heterocycles. The van der Waals surface area contributed by atoms with E-state index in [0.29, 0.717) is 23.8 Å². The summed E-state index contributed by atoms with van der Waals surface area (Å²) in [5.74, 6) is 3.28. The number of hydrogen-bond donors (Lipinski definition) is 1. The highest BCUT2D eigenvalue weighted by molar-refractivity contribution is 5.79. The molecule has 5 nitrogen and oxygen atoms in total. The van der Waals surface area contributed by atoms with Gasteiger partial charge in [-0.05, 0) is 69.7 Å². The average Bonchev–Trinajstić information content (AvgIpc) is 3.12. The van der Waals surface area contributed by atoms with Crippen LogP contribution in [0.2, 0.25) is 0 Å². The van der Waals surface area contributed by atoms with Crippen molar-refractivity contribution in [3.63, 3.8) is 0 Å². The van der Waals surface area contributed by atoms with Gasteiger partial charge >= 0.3 is 0 Å². The van der Waals surface area contributed by atoms with Crippen molar-refractivity contribution in [1.82, 2.24) is 15.2 Å². The third-order valence-corrected chi connectivity index (χ3v) is 7.63. The Morgan fingerprint density at radius 2 is 1.87 bits per heavy atom. The highest BCUT2D eigenvalue weighted by Crippen LogP contribution is 2.30. The minimum Gasteiger partial charge on any atom is -0.441 e. The van der Waals surface area contributed by atoms with Gasteiger partial charge in [0.05, 0.1) is 5.69 Å². The lowest BCUT2D eigenvalue weighted by Gasteiger charge is -2.36. The maximum absolute atomic E-state index is 12.9. The molecule has 2 heterocycles. The minimum atomic E-state index is 0.140. The van der Waals surface area contributed by atoms with E-state index < -0.39 is 0 Å². The van der Waals surface area contributed by atoms with Crippen LogP contribution in [0.5, 0.6) is 0 Å². The zero-order valence-corrected chi connectivity index (χ0v) is 19.5. The van der Waals surface area contributed by atoms with E-state index in [-0.39, 0.29) is 11.8 Å². The number of carbonyl (C=O) groups excluding carboxylic acids is 1. The Morgan fingerprint density at radius 1 is 1.13 bits per heavy atom. The maximum Gasteiger partial charge on any atom is 0.226 e. The van der Waals surface area contributed by atoms with Gasteiger partial charge in [0.25, 0.3) is 0 Å². The third-order valence-electron chi connectivity index (χ3n) is 7.63. The summed E-state index contributed by atoms with van der Waals surface area (Å²) in [7, 11) is 0. The van der Waals surface area contributed by atoms with Crippen molar-refractivity contribution in [2.45, 2.75) is 72.4 Å². The molecule has 0 unspecified atom stereocenters. The van der Waals surface area contributed by atoms with Gasteiger partial charge in [0.1, 0.15) is 5.76 Å². The second-order valence-corrected chi connectivity index (χ2v) is 9.77. The van der Waals surface area contributed by atoms with Gasteiger partial charge in [-0.15, -0.1) is 0 Å². The summed E-state index contributed by atoms with van der Waals surface area (Å²) in [6, 6.07) is 8.55. The van der Waals surface area contributed by atoms with Crippen LogP contribution in [-0.4, -0.2) is 34.9 Å². The zero-order chi connectivity index (χ0) is 22.0. The minimum absolute atomic E-state index is 0.140. The van der Waals surface area contributed by atoms with Crippen LogP contribution < -0.4 is 5.32 Å². The summed E-state index contributed by atoms with van der Waals surface area (Å²) >= 11 is 0. The van der Waals surface area contributed by atoms with Gasteiger partial charge in [-0.2, -0.15) is 0 Å². The molecule has 4 rings (SSSR count). The summed E-state index contributed by atoms with van der Waals surface area (Å²) in [6.07, 6.45) is 5.49. The van der Waals surface area contributed by atoms with E-state index in [4.69, 9.17) is 9.40 Å². The summed E-state index contributed by atoms with van der Waals surface area (Å²) < 4.78 is 5.98. The molecule has 1 N–H and O–H groups in total. The first kappa shape index (κ1) is 22.1. The number of nitrogens with zero attached hydrogens (tertiary/aromatic N) is 2. The molecule has 0 radical (unpaired) electrons. The molecule has 0 bridgehead atoms. The number of aryl methyl sites for hydroxylation is 2. The van der Waals surface area contributed by atoms with Gasteiger partial charge in [0, 0.05) is 24.1 Å². The van der Waals surface area contributed by atoms with Crippen molar-refractivity contribution >= 4 is 5.91 Å². The normalized spacial score (nSPS) is 25.5. The van der Waals surface area contributed by atoms with Crippen LogP contribution in [0.25, 0.3) is 11.5 Å². The second-order valence-electron chi connectivity index (χ2n) is 9.77. The quantitative estimate of drug-likeness (QED) is 0.726. The molecule has 2 fully saturated rings. The molecule has 2 aromatic rings. The van der Waals surface area contributed by atoms with E-state index in [1.807, 2.05) is 19.1 Å². The third kappa shape index (κ3) is 5.03. The fourth-order valence-electron chi connectivity index (χ4n) is 5.15. The number of amides is 1. The van der Waals surface area contributed by atoms with Gasteiger partial charge in [0.2, 0.25) is 11.8 Å². The van der Waals surface area contributed by atoms with E-state index in [1.54, 1.807) is 0 Å². The molecular weight excluding hydrogens is 386 g/mol. The van der Waals surface area contributed by atoms with Crippen molar-refractivity contribution in [2.75, 3.05) is 13.1 Å². The van der Waals surface area contributed by atoms with Gasteiger partial charge < -0.3 is 9.73 Å².